The van der Waals surface area contributed by atoms with Gasteiger partial charge in [-0.2, -0.15) is 0 Å². The third-order valence-corrected chi connectivity index (χ3v) is 3.94. The number of amides is 1. The molecule has 3 rings (SSSR count). The summed E-state index contributed by atoms with van der Waals surface area (Å²) in [6, 6.07) is 10.0. The lowest BCUT2D eigenvalue weighted by molar-refractivity contribution is 0.0724. The Hall–Kier alpha value is -2.36. The van der Waals surface area contributed by atoms with Gasteiger partial charge in [-0.05, 0) is 49.9 Å². The largest absolute Gasteiger partial charge is 0.354 e. The van der Waals surface area contributed by atoms with E-state index < -0.39 is 0 Å². The number of anilines is 2. The predicted molar refractivity (Wildman–Crippen MR) is 88.5 cm³/mol. The van der Waals surface area contributed by atoms with Crippen LogP contribution in [0.15, 0.2) is 42.7 Å². The summed E-state index contributed by atoms with van der Waals surface area (Å²) in [7, 11) is 0. The SMILES string of the molecule is Cc1cccc(Nc2cncc(C(=O)N3CCCCC3)c2)c1. The Labute approximate surface area is 131 Å². The van der Waals surface area contributed by atoms with Gasteiger partial charge in [-0.15, -0.1) is 0 Å². The number of piperidine rings is 1. The average Bonchev–Trinajstić information content (AvgIpc) is 2.55. The molecule has 0 aliphatic carbocycles. The lowest BCUT2D eigenvalue weighted by Crippen LogP contribution is -2.35. The number of likely N-dealkylation sites (tertiary alicyclic amines) is 1. The third kappa shape index (κ3) is 3.45. The van der Waals surface area contributed by atoms with Crippen molar-refractivity contribution < 1.29 is 4.79 Å². The molecular weight excluding hydrogens is 274 g/mol. The number of pyridine rings is 1. The van der Waals surface area contributed by atoms with Gasteiger partial charge in [-0.25, -0.2) is 0 Å². The van der Waals surface area contributed by atoms with E-state index in [4.69, 9.17) is 0 Å². The summed E-state index contributed by atoms with van der Waals surface area (Å²) in [4.78, 5) is 18.7. The molecule has 2 heterocycles. The average molecular weight is 295 g/mol. The van der Waals surface area contributed by atoms with Crippen LogP contribution in [-0.2, 0) is 0 Å². The maximum Gasteiger partial charge on any atom is 0.255 e. The summed E-state index contributed by atoms with van der Waals surface area (Å²) >= 11 is 0. The molecule has 1 aliphatic rings. The fourth-order valence-electron chi connectivity index (χ4n) is 2.79. The number of rotatable bonds is 3. The van der Waals surface area contributed by atoms with Crippen LogP contribution in [0, 0.1) is 6.92 Å². The fourth-order valence-corrected chi connectivity index (χ4v) is 2.79. The Bertz CT molecular complexity index is 663. The van der Waals surface area contributed by atoms with Gasteiger partial charge in [0.2, 0.25) is 0 Å². The minimum absolute atomic E-state index is 0.0834. The van der Waals surface area contributed by atoms with Crippen LogP contribution in [0.1, 0.15) is 35.2 Å². The number of hydrogen-bond donors (Lipinski definition) is 1. The van der Waals surface area contributed by atoms with Crippen LogP contribution in [0.25, 0.3) is 0 Å². The maximum atomic E-state index is 12.5. The minimum atomic E-state index is 0.0834. The first-order chi connectivity index (χ1) is 10.7. The first-order valence-corrected chi connectivity index (χ1v) is 7.80. The molecule has 1 aromatic carbocycles. The van der Waals surface area contributed by atoms with E-state index in [-0.39, 0.29) is 5.91 Å². The van der Waals surface area contributed by atoms with Gasteiger partial charge in [0.05, 0.1) is 17.4 Å². The predicted octanol–water partition coefficient (Wildman–Crippen LogP) is 3.76. The van der Waals surface area contributed by atoms with E-state index in [0.717, 1.165) is 37.3 Å². The van der Waals surface area contributed by atoms with E-state index in [1.807, 2.05) is 23.1 Å². The van der Waals surface area contributed by atoms with Gasteiger partial charge in [-0.1, -0.05) is 12.1 Å². The highest BCUT2D eigenvalue weighted by Gasteiger charge is 2.18. The molecule has 1 saturated heterocycles. The van der Waals surface area contributed by atoms with E-state index >= 15 is 0 Å². The number of carbonyl (C=O) groups is 1. The van der Waals surface area contributed by atoms with Gasteiger partial charge in [0.25, 0.3) is 5.91 Å². The second kappa shape index (κ2) is 6.60. The Morgan fingerprint density at radius 1 is 1.09 bits per heavy atom. The highest BCUT2D eigenvalue weighted by atomic mass is 16.2. The highest BCUT2D eigenvalue weighted by Crippen LogP contribution is 2.19. The van der Waals surface area contributed by atoms with Crippen LogP contribution in [0.4, 0.5) is 11.4 Å². The zero-order valence-corrected chi connectivity index (χ0v) is 12.9. The summed E-state index contributed by atoms with van der Waals surface area (Å²) in [5, 5.41) is 3.31. The first-order valence-electron chi connectivity index (χ1n) is 7.80. The van der Waals surface area contributed by atoms with Crippen molar-refractivity contribution in [3.8, 4) is 0 Å². The van der Waals surface area contributed by atoms with Gasteiger partial charge in [0, 0.05) is 25.0 Å². The Balaban J connectivity index is 1.75. The molecule has 0 bridgehead atoms. The molecule has 4 heteroatoms. The molecule has 22 heavy (non-hydrogen) atoms. The Morgan fingerprint density at radius 3 is 2.68 bits per heavy atom. The summed E-state index contributed by atoms with van der Waals surface area (Å²) in [5.41, 5.74) is 3.69. The summed E-state index contributed by atoms with van der Waals surface area (Å²) in [6.45, 7) is 3.77. The van der Waals surface area contributed by atoms with Crippen LogP contribution in [0.2, 0.25) is 0 Å². The van der Waals surface area contributed by atoms with Crippen molar-refractivity contribution in [3.63, 3.8) is 0 Å². The molecule has 114 valence electrons. The molecule has 0 unspecified atom stereocenters. The second-order valence-electron chi connectivity index (χ2n) is 5.81. The minimum Gasteiger partial charge on any atom is -0.354 e. The summed E-state index contributed by atoms with van der Waals surface area (Å²) < 4.78 is 0. The van der Waals surface area contributed by atoms with Crippen molar-refractivity contribution in [2.75, 3.05) is 18.4 Å². The van der Waals surface area contributed by atoms with Crippen molar-refractivity contribution >= 4 is 17.3 Å². The molecule has 0 atom stereocenters. The van der Waals surface area contributed by atoms with Gasteiger partial charge in [-0.3, -0.25) is 9.78 Å². The van der Waals surface area contributed by atoms with Crippen LogP contribution in [0.3, 0.4) is 0 Å². The Morgan fingerprint density at radius 2 is 1.91 bits per heavy atom. The molecule has 1 N–H and O–H groups in total. The van der Waals surface area contributed by atoms with E-state index in [2.05, 4.69) is 29.4 Å². The molecule has 1 amide bonds. The molecular formula is C18H21N3O. The molecule has 0 saturated carbocycles. The zero-order chi connectivity index (χ0) is 15.4. The monoisotopic (exact) mass is 295 g/mol. The van der Waals surface area contributed by atoms with Crippen molar-refractivity contribution in [2.24, 2.45) is 0 Å². The molecule has 1 fully saturated rings. The zero-order valence-electron chi connectivity index (χ0n) is 12.9. The van der Waals surface area contributed by atoms with Gasteiger partial charge < -0.3 is 10.2 Å². The van der Waals surface area contributed by atoms with Crippen LogP contribution < -0.4 is 5.32 Å². The standard InChI is InChI=1S/C18H21N3O/c1-14-6-5-7-16(10-14)20-17-11-15(12-19-13-17)18(22)21-8-3-2-4-9-21/h5-7,10-13,20H,2-4,8-9H2,1H3. The number of nitrogens with zero attached hydrogens (tertiary/aromatic N) is 2. The number of carbonyl (C=O) groups excluding carboxylic acids is 1. The van der Waals surface area contributed by atoms with Crippen molar-refractivity contribution in [3.05, 3.63) is 53.9 Å². The lowest BCUT2D eigenvalue weighted by Gasteiger charge is -2.26. The van der Waals surface area contributed by atoms with Gasteiger partial charge in [0.15, 0.2) is 0 Å². The molecule has 0 spiro atoms. The number of aryl methyl sites for hydroxylation is 1. The fraction of sp³-hybridized carbons (Fsp3) is 0.333. The highest BCUT2D eigenvalue weighted by molar-refractivity contribution is 5.95. The number of aromatic nitrogens is 1. The van der Waals surface area contributed by atoms with E-state index in [0.29, 0.717) is 5.56 Å². The second-order valence-corrected chi connectivity index (χ2v) is 5.81. The molecule has 1 aliphatic heterocycles. The van der Waals surface area contributed by atoms with E-state index in [9.17, 15) is 4.79 Å². The normalized spacial score (nSPS) is 14.7. The number of nitrogens with one attached hydrogen (secondary N) is 1. The smallest absolute Gasteiger partial charge is 0.255 e. The van der Waals surface area contributed by atoms with Crippen LogP contribution >= 0.6 is 0 Å². The molecule has 2 aromatic rings. The summed E-state index contributed by atoms with van der Waals surface area (Å²) in [5.74, 6) is 0.0834. The van der Waals surface area contributed by atoms with E-state index in [1.165, 1.54) is 12.0 Å². The first kappa shape index (κ1) is 14.6. The number of hydrogen-bond acceptors (Lipinski definition) is 3. The van der Waals surface area contributed by atoms with Crippen LogP contribution in [-0.4, -0.2) is 28.9 Å². The molecule has 4 nitrogen and oxygen atoms in total. The molecule has 0 radical (unpaired) electrons. The van der Waals surface area contributed by atoms with E-state index in [1.54, 1.807) is 12.4 Å². The topological polar surface area (TPSA) is 45.2 Å². The van der Waals surface area contributed by atoms with Crippen molar-refractivity contribution in [1.82, 2.24) is 9.88 Å². The quantitative estimate of drug-likeness (QED) is 0.937. The van der Waals surface area contributed by atoms with Crippen molar-refractivity contribution in [2.45, 2.75) is 26.2 Å². The summed E-state index contributed by atoms with van der Waals surface area (Å²) in [6.07, 6.45) is 6.81. The number of benzene rings is 1. The third-order valence-electron chi connectivity index (χ3n) is 3.94. The van der Waals surface area contributed by atoms with Crippen LogP contribution in [0.5, 0.6) is 0 Å². The van der Waals surface area contributed by atoms with Gasteiger partial charge in [0.1, 0.15) is 0 Å². The van der Waals surface area contributed by atoms with Crippen molar-refractivity contribution in [1.29, 1.82) is 0 Å². The molecule has 1 aromatic heterocycles. The maximum absolute atomic E-state index is 12.5. The lowest BCUT2D eigenvalue weighted by atomic mass is 10.1. The van der Waals surface area contributed by atoms with Gasteiger partial charge >= 0.3 is 0 Å². The Kier molecular flexibility index (Phi) is 4.37.